The van der Waals surface area contributed by atoms with E-state index in [0.29, 0.717) is 0 Å². The third-order valence-electron chi connectivity index (χ3n) is 4.80. The third-order valence-corrected chi connectivity index (χ3v) is 4.80. The highest BCUT2D eigenvalue weighted by atomic mass is 19.4. The van der Waals surface area contributed by atoms with Crippen LogP contribution in [0.4, 0.5) is 23.7 Å². The van der Waals surface area contributed by atoms with Crippen molar-refractivity contribution in [3.8, 4) is 5.75 Å². The van der Waals surface area contributed by atoms with Gasteiger partial charge in [0.1, 0.15) is 17.9 Å². The molecule has 0 fully saturated rings. The van der Waals surface area contributed by atoms with E-state index in [0.717, 1.165) is 30.3 Å². The number of rotatable bonds is 9. The number of halogens is 3. The Morgan fingerprint density at radius 1 is 1.14 bits per heavy atom. The Hall–Kier alpha value is -3.85. The summed E-state index contributed by atoms with van der Waals surface area (Å²) in [5.41, 5.74) is 5.14. The fraction of sp³-hybridized carbons (Fsp3) is 0.400. The smallest absolute Gasteiger partial charge is 0.481 e. The van der Waals surface area contributed by atoms with Crippen molar-refractivity contribution < 1.29 is 52.4 Å². The quantitative estimate of drug-likeness (QED) is 0.243. The maximum atomic E-state index is 12.5. The predicted octanol–water partition coefficient (Wildman–Crippen LogP) is -0.0379. The number of ether oxygens (including phenoxy) is 1. The van der Waals surface area contributed by atoms with Crippen LogP contribution in [-0.2, 0) is 14.4 Å². The van der Waals surface area contributed by atoms with Gasteiger partial charge in [-0.2, -0.15) is 0 Å². The largest absolute Gasteiger partial charge is 0.573 e. The van der Waals surface area contributed by atoms with Gasteiger partial charge < -0.3 is 41.7 Å². The maximum absolute atomic E-state index is 12.5. The number of alkyl halides is 3. The van der Waals surface area contributed by atoms with E-state index in [2.05, 4.69) is 20.7 Å². The molecule has 0 radical (unpaired) electrons. The summed E-state index contributed by atoms with van der Waals surface area (Å²) in [6.07, 6.45) is -7.78. The molecular formula is C20H23F3N4O8. The van der Waals surface area contributed by atoms with E-state index in [-0.39, 0.29) is 24.1 Å². The van der Waals surface area contributed by atoms with Crippen molar-refractivity contribution in [2.75, 3.05) is 5.32 Å². The van der Waals surface area contributed by atoms with Crippen molar-refractivity contribution >= 4 is 29.5 Å². The van der Waals surface area contributed by atoms with Crippen LogP contribution in [0.1, 0.15) is 19.3 Å². The topological polar surface area (TPSA) is 200 Å². The molecule has 192 valence electrons. The summed E-state index contributed by atoms with van der Waals surface area (Å²) in [7, 11) is 0. The summed E-state index contributed by atoms with van der Waals surface area (Å²) in [4.78, 5) is 47.0. The minimum atomic E-state index is -4.88. The highest BCUT2D eigenvalue weighted by Crippen LogP contribution is 2.24. The molecule has 1 aliphatic carbocycles. The highest BCUT2D eigenvalue weighted by molar-refractivity contribution is 5.97. The van der Waals surface area contributed by atoms with Crippen LogP contribution in [0.5, 0.6) is 5.75 Å². The third kappa shape index (κ3) is 8.78. The molecule has 0 heterocycles. The first-order chi connectivity index (χ1) is 16.2. The standard InChI is InChI=1S/C20H23F3N4O8/c21-20(22,23)35-11-3-1-10(2-4-11)25-19(34)27-13-7-9(8-14(28)16(13)31)18(33)26-12(17(24)32)5-6-15(29)30/h1-4,7,12-14,16,28,31H,5-6,8H2,(H2,24,32)(H,26,33)(H,29,30)(H2,25,27,34)/t12-,13-,14+,16+/m0/s1. The van der Waals surface area contributed by atoms with E-state index < -0.39 is 66.6 Å². The molecule has 1 aromatic carbocycles. The van der Waals surface area contributed by atoms with Gasteiger partial charge in [0.05, 0.1) is 12.1 Å². The number of aliphatic carboxylic acids is 1. The van der Waals surface area contributed by atoms with E-state index >= 15 is 0 Å². The first kappa shape index (κ1) is 27.4. The Labute approximate surface area is 195 Å². The predicted molar refractivity (Wildman–Crippen MR) is 112 cm³/mol. The zero-order valence-corrected chi connectivity index (χ0v) is 17.9. The van der Waals surface area contributed by atoms with Crippen LogP contribution in [0.3, 0.4) is 0 Å². The number of carboxylic acids is 1. The maximum Gasteiger partial charge on any atom is 0.573 e. The van der Waals surface area contributed by atoms with Crippen molar-refractivity contribution in [2.24, 2.45) is 5.73 Å². The first-order valence-electron chi connectivity index (χ1n) is 10.1. The number of hydrogen-bond donors (Lipinski definition) is 7. The monoisotopic (exact) mass is 504 g/mol. The number of primary amides is 1. The van der Waals surface area contributed by atoms with Gasteiger partial charge in [0.25, 0.3) is 0 Å². The molecule has 0 saturated heterocycles. The minimum absolute atomic E-state index is 0.0764. The average Bonchev–Trinajstić information content (AvgIpc) is 2.74. The van der Waals surface area contributed by atoms with Gasteiger partial charge in [-0.15, -0.1) is 13.2 Å². The number of nitrogens with one attached hydrogen (secondary N) is 3. The molecule has 1 aliphatic rings. The molecule has 0 aromatic heterocycles. The number of aliphatic hydroxyl groups excluding tert-OH is 2. The molecule has 0 aliphatic heterocycles. The van der Waals surface area contributed by atoms with Crippen LogP contribution in [-0.4, -0.2) is 69.8 Å². The van der Waals surface area contributed by atoms with Crippen LogP contribution >= 0.6 is 0 Å². The Bertz CT molecular complexity index is 984. The minimum Gasteiger partial charge on any atom is -0.481 e. The van der Waals surface area contributed by atoms with Gasteiger partial charge in [0.2, 0.25) is 11.8 Å². The Morgan fingerprint density at radius 2 is 1.77 bits per heavy atom. The van der Waals surface area contributed by atoms with Crippen molar-refractivity contribution in [2.45, 2.75) is 49.9 Å². The van der Waals surface area contributed by atoms with Crippen LogP contribution < -0.4 is 26.4 Å². The van der Waals surface area contributed by atoms with E-state index in [4.69, 9.17) is 10.8 Å². The van der Waals surface area contributed by atoms with Crippen molar-refractivity contribution in [3.05, 3.63) is 35.9 Å². The van der Waals surface area contributed by atoms with Gasteiger partial charge in [-0.1, -0.05) is 6.08 Å². The number of nitrogens with two attached hydrogens (primary N) is 1. The second kappa shape index (κ2) is 11.5. The van der Waals surface area contributed by atoms with Gasteiger partial charge in [-0.25, -0.2) is 4.79 Å². The molecule has 12 nitrogen and oxygen atoms in total. The summed E-state index contributed by atoms with van der Waals surface area (Å²) in [5, 5.41) is 35.9. The SMILES string of the molecule is NC(=O)[C@H](CCC(=O)O)NC(=O)C1=C[C@H](NC(=O)Nc2ccc(OC(F)(F)F)cc2)[C@@H](O)[C@H](O)C1. The molecule has 0 saturated carbocycles. The molecule has 2 rings (SSSR count). The van der Waals surface area contributed by atoms with Gasteiger partial charge >= 0.3 is 18.4 Å². The first-order valence-corrected chi connectivity index (χ1v) is 10.1. The molecule has 1 aromatic rings. The second-order valence-electron chi connectivity index (χ2n) is 7.51. The van der Waals surface area contributed by atoms with E-state index in [1.807, 2.05) is 0 Å². The Kier molecular flexibility index (Phi) is 9.02. The Morgan fingerprint density at radius 3 is 2.31 bits per heavy atom. The second-order valence-corrected chi connectivity index (χ2v) is 7.51. The number of anilines is 1. The highest BCUT2D eigenvalue weighted by Gasteiger charge is 2.35. The lowest BCUT2D eigenvalue weighted by molar-refractivity contribution is -0.274. The van der Waals surface area contributed by atoms with E-state index in [1.54, 1.807) is 0 Å². The van der Waals surface area contributed by atoms with Crippen LogP contribution in [0.2, 0.25) is 0 Å². The summed E-state index contributed by atoms with van der Waals surface area (Å²) in [5.74, 6) is -3.56. The zero-order chi connectivity index (χ0) is 26.3. The molecule has 4 amide bonds. The summed E-state index contributed by atoms with van der Waals surface area (Å²) in [6.45, 7) is 0. The Balaban J connectivity index is 2.04. The number of benzene rings is 1. The van der Waals surface area contributed by atoms with E-state index in [9.17, 15) is 42.6 Å². The normalized spacial score (nSPS) is 20.7. The fourth-order valence-corrected chi connectivity index (χ4v) is 3.13. The molecule has 4 atom stereocenters. The van der Waals surface area contributed by atoms with Crippen molar-refractivity contribution in [1.82, 2.24) is 10.6 Å². The molecule has 35 heavy (non-hydrogen) atoms. The van der Waals surface area contributed by atoms with Gasteiger partial charge in [-0.3, -0.25) is 14.4 Å². The average molecular weight is 504 g/mol. The molecule has 0 spiro atoms. The molecule has 15 heteroatoms. The van der Waals surface area contributed by atoms with Gasteiger partial charge in [-0.05, 0) is 30.7 Å². The number of carbonyl (C=O) groups excluding carboxylic acids is 3. The molecule has 8 N–H and O–H groups in total. The number of aliphatic hydroxyl groups is 2. The molecule has 0 unspecified atom stereocenters. The lowest BCUT2D eigenvalue weighted by Crippen LogP contribution is -2.53. The van der Waals surface area contributed by atoms with Crippen LogP contribution in [0.25, 0.3) is 0 Å². The number of hydrogen-bond acceptors (Lipinski definition) is 7. The lowest BCUT2D eigenvalue weighted by atomic mass is 9.90. The number of urea groups is 1. The zero-order valence-electron chi connectivity index (χ0n) is 17.9. The van der Waals surface area contributed by atoms with Gasteiger partial charge in [0, 0.05) is 24.1 Å². The van der Waals surface area contributed by atoms with Crippen molar-refractivity contribution in [1.29, 1.82) is 0 Å². The number of carboxylic acid groups (broad SMARTS) is 1. The van der Waals surface area contributed by atoms with Crippen molar-refractivity contribution in [3.63, 3.8) is 0 Å². The lowest BCUT2D eigenvalue weighted by Gasteiger charge is -2.31. The van der Waals surface area contributed by atoms with Crippen LogP contribution in [0, 0.1) is 0 Å². The summed E-state index contributed by atoms with van der Waals surface area (Å²) in [6, 6.07) is 0.695. The van der Waals surface area contributed by atoms with Gasteiger partial charge in [0.15, 0.2) is 0 Å². The number of carbonyl (C=O) groups is 4. The molecule has 0 bridgehead atoms. The molecular weight excluding hydrogens is 481 g/mol. The fourth-order valence-electron chi connectivity index (χ4n) is 3.13. The summed E-state index contributed by atoms with van der Waals surface area (Å²) < 4.78 is 40.4. The van der Waals surface area contributed by atoms with Crippen LogP contribution in [0.15, 0.2) is 35.9 Å². The summed E-state index contributed by atoms with van der Waals surface area (Å²) >= 11 is 0. The van der Waals surface area contributed by atoms with E-state index in [1.165, 1.54) is 0 Å². The number of amides is 4.